The third-order valence-corrected chi connectivity index (χ3v) is 4.16. The number of aromatic nitrogens is 1. The van der Waals surface area contributed by atoms with E-state index in [1.54, 1.807) is 31.4 Å². The molecule has 0 radical (unpaired) electrons. The molecule has 0 aliphatic heterocycles. The smallest absolute Gasteiger partial charge is 0.420 e. The molecule has 0 unspecified atom stereocenters. The molecular formula is C19H17N3O8. The second kappa shape index (κ2) is 8.90. The van der Waals surface area contributed by atoms with E-state index >= 15 is 0 Å². The first kappa shape index (κ1) is 20.6. The molecule has 0 spiro atoms. The maximum Gasteiger partial charge on any atom is 0.420 e. The van der Waals surface area contributed by atoms with Gasteiger partial charge in [0, 0.05) is 12.6 Å². The number of methoxy groups -OCH3 is 1. The van der Waals surface area contributed by atoms with E-state index in [0.717, 1.165) is 16.2 Å². The number of ether oxygens (including phenoxy) is 2. The van der Waals surface area contributed by atoms with Gasteiger partial charge in [-0.2, -0.15) is 0 Å². The van der Waals surface area contributed by atoms with Crippen LogP contribution in [0, 0.1) is 10.1 Å². The SMILES string of the molecule is COc1ccc(CNC(=O)COC(=O)Cn2c(=O)oc3cc([N+](=O)[O-])ccc32)cc1. The second-order valence-corrected chi connectivity index (χ2v) is 6.15. The summed E-state index contributed by atoms with van der Waals surface area (Å²) >= 11 is 0. The van der Waals surface area contributed by atoms with Crippen molar-refractivity contribution in [1.82, 2.24) is 9.88 Å². The molecule has 11 nitrogen and oxygen atoms in total. The Kier molecular flexibility index (Phi) is 6.11. The Morgan fingerprint density at radius 1 is 1.20 bits per heavy atom. The number of rotatable bonds is 8. The van der Waals surface area contributed by atoms with E-state index in [1.165, 1.54) is 12.1 Å². The van der Waals surface area contributed by atoms with Crippen molar-refractivity contribution in [2.45, 2.75) is 13.1 Å². The van der Waals surface area contributed by atoms with E-state index in [2.05, 4.69) is 5.32 Å². The van der Waals surface area contributed by atoms with Crippen LogP contribution < -0.4 is 15.8 Å². The number of esters is 1. The molecule has 3 aromatic rings. The lowest BCUT2D eigenvalue weighted by atomic mass is 10.2. The van der Waals surface area contributed by atoms with Crippen molar-refractivity contribution in [1.29, 1.82) is 0 Å². The summed E-state index contributed by atoms with van der Waals surface area (Å²) in [5.74, 6) is -1.53. The zero-order chi connectivity index (χ0) is 21.7. The second-order valence-electron chi connectivity index (χ2n) is 6.15. The number of hydrogen-bond donors (Lipinski definition) is 1. The van der Waals surface area contributed by atoms with Gasteiger partial charge >= 0.3 is 11.7 Å². The van der Waals surface area contributed by atoms with Gasteiger partial charge in [-0.1, -0.05) is 12.1 Å². The molecule has 0 aliphatic rings. The molecule has 0 fully saturated rings. The Hall–Kier alpha value is -4.15. The lowest BCUT2D eigenvalue weighted by Gasteiger charge is -2.07. The van der Waals surface area contributed by atoms with Crippen molar-refractivity contribution in [3.63, 3.8) is 0 Å². The van der Waals surface area contributed by atoms with Gasteiger partial charge in [0.05, 0.1) is 23.6 Å². The van der Waals surface area contributed by atoms with E-state index in [4.69, 9.17) is 13.9 Å². The minimum absolute atomic E-state index is 0.0285. The van der Waals surface area contributed by atoms with Gasteiger partial charge in [0.2, 0.25) is 0 Å². The zero-order valence-corrected chi connectivity index (χ0v) is 15.8. The van der Waals surface area contributed by atoms with Gasteiger partial charge in [0.15, 0.2) is 12.2 Å². The Bertz CT molecular complexity index is 1150. The molecule has 30 heavy (non-hydrogen) atoms. The standard InChI is InChI=1S/C19H17N3O8/c1-28-14-5-2-12(3-6-14)9-20-17(23)11-29-18(24)10-21-15-7-4-13(22(26)27)8-16(15)30-19(21)25/h2-8H,9-11H2,1H3,(H,20,23). The molecular weight excluding hydrogens is 398 g/mol. The number of fused-ring (bicyclic) bond motifs is 1. The van der Waals surface area contributed by atoms with Crippen LogP contribution in [0.2, 0.25) is 0 Å². The topological polar surface area (TPSA) is 143 Å². The van der Waals surface area contributed by atoms with E-state index in [9.17, 15) is 24.5 Å². The number of carbonyl (C=O) groups excluding carboxylic acids is 2. The van der Waals surface area contributed by atoms with Crippen molar-refractivity contribution >= 4 is 28.7 Å². The van der Waals surface area contributed by atoms with Gasteiger partial charge in [-0.3, -0.25) is 24.3 Å². The first-order valence-electron chi connectivity index (χ1n) is 8.70. The lowest BCUT2D eigenvalue weighted by Crippen LogP contribution is -2.30. The molecule has 0 bridgehead atoms. The highest BCUT2D eigenvalue weighted by Gasteiger charge is 2.17. The third-order valence-electron chi connectivity index (χ3n) is 4.16. The zero-order valence-electron chi connectivity index (χ0n) is 15.8. The van der Waals surface area contributed by atoms with Crippen molar-refractivity contribution in [3.05, 3.63) is 68.7 Å². The number of amides is 1. The predicted molar refractivity (Wildman–Crippen MR) is 103 cm³/mol. The number of nitrogens with zero attached hydrogens (tertiary/aromatic N) is 2. The van der Waals surface area contributed by atoms with Crippen molar-refractivity contribution in [2.75, 3.05) is 13.7 Å². The fourth-order valence-electron chi connectivity index (χ4n) is 2.63. The summed E-state index contributed by atoms with van der Waals surface area (Å²) in [7, 11) is 1.55. The Morgan fingerprint density at radius 2 is 1.93 bits per heavy atom. The number of nitro groups is 1. The van der Waals surface area contributed by atoms with E-state index < -0.39 is 35.7 Å². The summed E-state index contributed by atoms with van der Waals surface area (Å²) in [5, 5.41) is 13.4. The molecule has 1 aromatic heterocycles. The van der Waals surface area contributed by atoms with Crippen LogP contribution in [0.1, 0.15) is 5.56 Å². The number of hydrogen-bond acceptors (Lipinski definition) is 8. The van der Waals surface area contributed by atoms with Crippen LogP contribution in [0.3, 0.4) is 0 Å². The Balaban J connectivity index is 1.54. The molecule has 11 heteroatoms. The van der Waals surface area contributed by atoms with Crippen molar-refractivity contribution in [2.24, 2.45) is 0 Å². The van der Waals surface area contributed by atoms with Crippen LogP contribution in [0.4, 0.5) is 5.69 Å². The van der Waals surface area contributed by atoms with Gasteiger partial charge in [0.1, 0.15) is 12.3 Å². The van der Waals surface area contributed by atoms with Crippen LogP contribution in [-0.2, 0) is 27.4 Å². The quantitative estimate of drug-likeness (QED) is 0.330. The minimum Gasteiger partial charge on any atom is -0.497 e. The molecule has 2 aromatic carbocycles. The largest absolute Gasteiger partial charge is 0.497 e. The summed E-state index contributed by atoms with van der Waals surface area (Å²) < 4.78 is 15.8. The minimum atomic E-state index is -0.869. The van der Waals surface area contributed by atoms with Crippen LogP contribution in [0.15, 0.2) is 51.7 Å². The summed E-state index contributed by atoms with van der Waals surface area (Å²) in [6.07, 6.45) is 0. The third kappa shape index (κ3) is 4.82. The predicted octanol–water partition coefficient (Wildman–Crippen LogP) is 1.37. The van der Waals surface area contributed by atoms with Gasteiger partial charge in [-0.05, 0) is 23.8 Å². The van der Waals surface area contributed by atoms with E-state index in [-0.39, 0.29) is 23.3 Å². The number of non-ortho nitro benzene ring substituents is 1. The highest BCUT2D eigenvalue weighted by Crippen LogP contribution is 2.20. The highest BCUT2D eigenvalue weighted by atomic mass is 16.6. The molecule has 0 saturated carbocycles. The van der Waals surface area contributed by atoms with Gasteiger partial charge < -0.3 is 19.2 Å². The van der Waals surface area contributed by atoms with Crippen molar-refractivity contribution < 1.29 is 28.4 Å². The number of benzene rings is 2. The molecule has 3 rings (SSSR count). The lowest BCUT2D eigenvalue weighted by molar-refractivity contribution is -0.384. The number of nitrogens with one attached hydrogen (secondary N) is 1. The monoisotopic (exact) mass is 415 g/mol. The number of carbonyl (C=O) groups is 2. The maximum atomic E-state index is 12.0. The van der Waals surface area contributed by atoms with E-state index in [1.807, 2.05) is 0 Å². The van der Waals surface area contributed by atoms with Gasteiger partial charge in [-0.15, -0.1) is 0 Å². The summed E-state index contributed by atoms with van der Waals surface area (Å²) in [4.78, 5) is 46.0. The highest BCUT2D eigenvalue weighted by molar-refractivity contribution is 5.81. The van der Waals surface area contributed by atoms with Crippen LogP contribution in [0.5, 0.6) is 5.75 Å². The van der Waals surface area contributed by atoms with Crippen molar-refractivity contribution in [3.8, 4) is 5.75 Å². The van der Waals surface area contributed by atoms with Crippen LogP contribution in [-0.4, -0.2) is 35.1 Å². The summed E-state index contributed by atoms with van der Waals surface area (Å²) in [6.45, 7) is -0.786. The number of oxazole rings is 1. The molecule has 1 N–H and O–H groups in total. The molecule has 156 valence electrons. The molecule has 0 atom stereocenters. The average Bonchev–Trinajstić information content (AvgIpc) is 3.05. The fourth-order valence-corrected chi connectivity index (χ4v) is 2.63. The van der Waals surface area contributed by atoms with Crippen LogP contribution >= 0.6 is 0 Å². The molecule has 1 amide bonds. The Morgan fingerprint density at radius 3 is 2.60 bits per heavy atom. The first-order chi connectivity index (χ1) is 14.4. The maximum absolute atomic E-state index is 12.0. The molecule has 1 heterocycles. The van der Waals surface area contributed by atoms with Gasteiger partial charge in [-0.25, -0.2) is 4.79 Å². The average molecular weight is 415 g/mol. The molecule has 0 saturated heterocycles. The van der Waals surface area contributed by atoms with Crippen LogP contribution in [0.25, 0.3) is 11.1 Å². The normalized spacial score (nSPS) is 10.6. The summed E-state index contributed by atoms with van der Waals surface area (Å²) in [6, 6.07) is 10.6. The molecule has 0 aliphatic carbocycles. The Labute approximate surface area is 168 Å². The van der Waals surface area contributed by atoms with E-state index in [0.29, 0.717) is 5.75 Å². The first-order valence-corrected chi connectivity index (χ1v) is 8.70. The summed E-state index contributed by atoms with van der Waals surface area (Å²) in [5.41, 5.74) is 0.756. The fraction of sp³-hybridized carbons (Fsp3) is 0.211. The number of nitro benzene ring substituents is 1. The van der Waals surface area contributed by atoms with Gasteiger partial charge in [0.25, 0.3) is 11.6 Å².